The number of rotatable bonds is 1. The summed E-state index contributed by atoms with van der Waals surface area (Å²) in [6.45, 7) is 0. The van der Waals surface area contributed by atoms with E-state index in [1.165, 1.54) is 0 Å². The van der Waals surface area contributed by atoms with E-state index in [1.54, 1.807) is 0 Å². The van der Waals surface area contributed by atoms with E-state index in [0.717, 1.165) is 0 Å². The molecule has 0 aromatic rings. The molecule has 1 saturated heterocycles. The monoisotopic (exact) mass is 160 g/mol. The zero-order chi connectivity index (χ0) is 7.56. The van der Waals surface area contributed by atoms with Gasteiger partial charge >= 0.3 is 6.03 Å². The molecule has 0 radical (unpaired) electrons. The second-order valence-corrected chi connectivity index (χ2v) is 1.97. The Morgan fingerprint density at radius 3 is 2.55 bits per heavy atom. The van der Waals surface area contributed by atoms with E-state index in [0.29, 0.717) is 6.29 Å². The average Bonchev–Trinajstić information content (AvgIpc) is 1.85. The van der Waals surface area contributed by atoms with Crippen LogP contribution in [0.1, 0.15) is 6.42 Å². The Morgan fingerprint density at radius 1 is 1.45 bits per heavy atom. The van der Waals surface area contributed by atoms with Crippen LogP contribution in [0.5, 0.6) is 0 Å². The van der Waals surface area contributed by atoms with Gasteiger partial charge < -0.3 is 15.6 Å². The van der Waals surface area contributed by atoms with Crippen molar-refractivity contribution < 1.29 is 19.9 Å². The Labute approximate surface area is 62.3 Å². The molecule has 1 unspecified atom stereocenters. The number of carbonyl (C=O) groups is 3. The number of amides is 3. The summed E-state index contributed by atoms with van der Waals surface area (Å²) in [7, 11) is 0. The van der Waals surface area contributed by atoms with Gasteiger partial charge in [0.2, 0.25) is 5.91 Å². The maximum absolute atomic E-state index is 10.5. The second kappa shape index (κ2) is 3.67. The first-order valence-electron chi connectivity index (χ1n) is 2.78. The zero-order valence-corrected chi connectivity index (χ0v) is 5.59. The van der Waals surface area contributed by atoms with Gasteiger partial charge in [-0.3, -0.25) is 10.1 Å². The van der Waals surface area contributed by atoms with Crippen LogP contribution in [-0.2, 0) is 9.59 Å². The first-order valence-corrected chi connectivity index (χ1v) is 2.78. The van der Waals surface area contributed by atoms with Crippen molar-refractivity contribution in [1.82, 2.24) is 10.6 Å². The Bertz CT molecular complexity index is 175. The Morgan fingerprint density at radius 2 is 2.09 bits per heavy atom. The lowest BCUT2D eigenvalue weighted by molar-refractivity contribution is -0.123. The SMILES string of the molecule is O.O=CC1CC(=O)NC(=O)N1. The lowest BCUT2D eigenvalue weighted by Gasteiger charge is -2.17. The number of carbonyl (C=O) groups excluding carboxylic acids is 3. The normalized spacial score (nSPS) is 22.7. The second-order valence-electron chi connectivity index (χ2n) is 1.97. The average molecular weight is 160 g/mol. The first kappa shape index (κ1) is 9.57. The summed E-state index contributed by atoms with van der Waals surface area (Å²) in [4.78, 5) is 31.0. The number of urea groups is 1. The summed E-state index contributed by atoms with van der Waals surface area (Å²) < 4.78 is 0. The summed E-state index contributed by atoms with van der Waals surface area (Å²) in [5.74, 6) is -0.416. The molecule has 0 bridgehead atoms. The van der Waals surface area contributed by atoms with Gasteiger partial charge in [-0.15, -0.1) is 0 Å². The third kappa shape index (κ3) is 2.34. The highest BCUT2D eigenvalue weighted by molar-refractivity contribution is 5.99. The van der Waals surface area contributed by atoms with E-state index in [1.807, 2.05) is 5.32 Å². The molecule has 4 N–H and O–H groups in total. The molecule has 1 atom stereocenters. The molecule has 1 fully saturated rings. The lowest BCUT2D eigenvalue weighted by atomic mass is 10.2. The molecular formula is C5H8N2O4. The molecule has 1 heterocycles. The number of hydrogen-bond acceptors (Lipinski definition) is 3. The predicted octanol–water partition coefficient (Wildman–Crippen LogP) is -2.04. The molecule has 3 amide bonds. The van der Waals surface area contributed by atoms with Crippen LogP contribution in [0.2, 0.25) is 0 Å². The highest BCUT2D eigenvalue weighted by atomic mass is 16.2. The number of aldehydes is 1. The Kier molecular flexibility index (Phi) is 3.19. The number of nitrogens with one attached hydrogen (secondary N) is 2. The predicted molar refractivity (Wildman–Crippen MR) is 34.8 cm³/mol. The molecule has 0 aromatic carbocycles. The quantitative estimate of drug-likeness (QED) is 0.431. The van der Waals surface area contributed by atoms with Crippen LogP contribution in [0.25, 0.3) is 0 Å². The molecule has 6 heteroatoms. The van der Waals surface area contributed by atoms with E-state index < -0.39 is 18.0 Å². The third-order valence-corrected chi connectivity index (χ3v) is 1.14. The fourth-order valence-corrected chi connectivity index (χ4v) is 0.715. The fraction of sp³-hybridized carbons (Fsp3) is 0.400. The molecule has 1 rings (SSSR count). The van der Waals surface area contributed by atoms with Gasteiger partial charge in [-0.2, -0.15) is 0 Å². The summed E-state index contributed by atoms with van der Waals surface area (Å²) in [5, 5.41) is 4.25. The van der Waals surface area contributed by atoms with Crippen LogP contribution in [-0.4, -0.2) is 29.7 Å². The van der Waals surface area contributed by atoms with Gasteiger partial charge in [-0.1, -0.05) is 0 Å². The molecule has 0 spiro atoms. The van der Waals surface area contributed by atoms with Crippen molar-refractivity contribution in [3.8, 4) is 0 Å². The minimum atomic E-state index is -0.652. The van der Waals surface area contributed by atoms with Gasteiger partial charge in [-0.25, -0.2) is 4.79 Å². The topological polar surface area (TPSA) is 107 Å². The molecule has 0 aromatic heterocycles. The molecule has 0 aliphatic carbocycles. The van der Waals surface area contributed by atoms with Crippen molar-refractivity contribution in [2.75, 3.05) is 0 Å². The Hall–Kier alpha value is -1.43. The van der Waals surface area contributed by atoms with E-state index >= 15 is 0 Å². The van der Waals surface area contributed by atoms with Gasteiger partial charge in [0.05, 0.1) is 12.5 Å². The van der Waals surface area contributed by atoms with Crippen molar-refractivity contribution in [3.63, 3.8) is 0 Å². The van der Waals surface area contributed by atoms with Crippen LogP contribution in [0.15, 0.2) is 0 Å². The van der Waals surface area contributed by atoms with Crippen LogP contribution < -0.4 is 10.6 Å². The number of imide groups is 1. The Balaban J connectivity index is 0.000001000. The van der Waals surface area contributed by atoms with Crippen molar-refractivity contribution in [2.24, 2.45) is 0 Å². The van der Waals surface area contributed by atoms with Gasteiger partial charge in [0.25, 0.3) is 0 Å². The van der Waals surface area contributed by atoms with Crippen LogP contribution in [0.3, 0.4) is 0 Å². The highest BCUT2D eigenvalue weighted by Gasteiger charge is 2.22. The van der Waals surface area contributed by atoms with Crippen LogP contribution in [0.4, 0.5) is 4.79 Å². The van der Waals surface area contributed by atoms with E-state index in [4.69, 9.17) is 0 Å². The molecule has 11 heavy (non-hydrogen) atoms. The van der Waals surface area contributed by atoms with E-state index in [-0.39, 0.29) is 11.9 Å². The molecule has 1 aliphatic heterocycles. The summed E-state index contributed by atoms with van der Waals surface area (Å²) in [5.41, 5.74) is 0. The van der Waals surface area contributed by atoms with Gasteiger partial charge in [0.1, 0.15) is 6.29 Å². The fourth-order valence-electron chi connectivity index (χ4n) is 0.715. The molecular weight excluding hydrogens is 152 g/mol. The smallest absolute Gasteiger partial charge is 0.322 e. The zero-order valence-electron chi connectivity index (χ0n) is 5.59. The summed E-state index contributed by atoms with van der Waals surface area (Å²) in [6.07, 6.45) is 0.575. The van der Waals surface area contributed by atoms with Crippen LogP contribution >= 0.6 is 0 Å². The maximum atomic E-state index is 10.5. The third-order valence-electron chi connectivity index (χ3n) is 1.14. The minimum Gasteiger partial charge on any atom is -0.412 e. The standard InChI is InChI=1S/C5H6N2O3.H2O/c8-2-3-1-4(9)7-5(10)6-3;/h2-3H,1H2,(H2,6,7,9,10);1H2. The molecule has 62 valence electrons. The molecule has 1 aliphatic rings. The molecule has 0 saturated carbocycles. The van der Waals surface area contributed by atoms with Gasteiger partial charge in [0.15, 0.2) is 0 Å². The van der Waals surface area contributed by atoms with E-state index in [2.05, 4.69) is 5.32 Å². The maximum Gasteiger partial charge on any atom is 0.322 e. The van der Waals surface area contributed by atoms with Crippen LogP contribution in [0, 0.1) is 0 Å². The number of hydrogen-bond donors (Lipinski definition) is 2. The summed E-state index contributed by atoms with van der Waals surface area (Å²) in [6, 6.07) is -1.26. The minimum absolute atomic E-state index is 0. The largest absolute Gasteiger partial charge is 0.412 e. The van der Waals surface area contributed by atoms with Crippen molar-refractivity contribution in [1.29, 1.82) is 0 Å². The van der Waals surface area contributed by atoms with Gasteiger partial charge in [0, 0.05) is 0 Å². The highest BCUT2D eigenvalue weighted by Crippen LogP contribution is 1.93. The van der Waals surface area contributed by atoms with Crippen molar-refractivity contribution in [2.45, 2.75) is 12.5 Å². The molecule has 6 nitrogen and oxygen atoms in total. The van der Waals surface area contributed by atoms with Crippen molar-refractivity contribution in [3.05, 3.63) is 0 Å². The summed E-state index contributed by atoms with van der Waals surface area (Å²) >= 11 is 0. The first-order chi connectivity index (χ1) is 4.72. The van der Waals surface area contributed by atoms with Crippen molar-refractivity contribution >= 4 is 18.2 Å². The van der Waals surface area contributed by atoms with E-state index in [9.17, 15) is 14.4 Å². The van der Waals surface area contributed by atoms with Gasteiger partial charge in [-0.05, 0) is 0 Å². The lowest BCUT2D eigenvalue weighted by Crippen LogP contribution is -2.52.